The highest BCUT2D eigenvalue weighted by atomic mass is 16.5. The van der Waals surface area contributed by atoms with Gasteiger partial charge in [-0.15, -0.1) is 0 Å². The van der Waals surface area contributed by atoms with Gasteiger partial charge in [0.05, 0.1) is 12.7 Å². The van der Waals surface area contributed by atoms with Crippen LogP contribution in [0.4, 0.5) is 0 Å². The maximum Gasteiger partial charge on any atom is 0.246 e. The van der Waals surface area contributed by atoms with Crippen molar-refractivity contribution in [1.29, 1.82) is 0 Å². The predicted octanol–water partition coefficient (Wildman–Crippen LogP) is 5.43. The van der Waals surface area contributed by atoms with Crippen LogP contribution in [0.1, 0.15) is 45.7 Å². The van der Waals surface area contributed by atoms with Crippen molar-refractivity contribution >= 4 is 5.91 Å². The number of benzene rings is 1. The average molecular weight is 383 g/mol. The van der Waals surface area contributed by atoms with Gasteiger partial charge in [0.25, 0.3) is 0 Å². The van der Waals surface area contributed by atoms with Gasteiger partial charge in [0.2, 0.25) is 5.91 Å². The molecule has 0 saturated heterocycles. The predicted molar refractivity (Wildman–Crippen MR) is 116 cm³/mol. The van der Waals surface area contributed by atoms with E-state index in [1.165, 1.54) is 0 Å². The second-order valence-corrected chi connectivity index (χ2v) is 7.49. The topological polar surface area (TPSA) is 42.4 Å². The van der Waals surface area contributed by atoms with Crippen LogP contribution in [0, 0.1) is 12.3 Å². The Morgan fingerprint density at radius 3 is 2.43 bits per heavy atom. The molecule has 1 aromatic heterocycles. The fourth-order valence-corrected chi connectivity index (χ4v) is 2.38. The Bertz CT molecular complexity index is 734. The van der Waals surface area contributed by atoms with Gasteiger partial charge >= 0.3 is 0 Å². The van der Waals surface area contributed by atoms with E-state index in [1.54, 1.807) is 23.4 Å². The molecular formula is C24H34N2O2. The van der Waals surface area contributed by atoms with Crippen LogP contribution < -0.4 is 4.74 Å². The minimum Gasteiger partial charge on any atom is -0.490 e. The standard InChI is InChI=1S/C22H28N2O2.C2H6/c1-18-14-20(16-23-15-18)26-13-12-24(17-19-8-6-5-7-9-19)21(25)10-11-22(2,3)4;1-2/h5-11,14-16H,12-13,17H2,1-4H3;1-2H3/b11-10-;. The van der Waals surface area contributed by atoms with E-state index < -0.39 is 0 Å². The molecule has 0 bridgehead atoms. The summed E-state index contributed by atoms with van der Waals surface area (Å²) >= 11 is 0. The van der Waals surface area contributed by atoms with E-state index in [9.17, 15) is 4.79 Å². The summed E-state index contributed by atoms with van der Waals surface area (Å²) in [5, 5.41) is 0. The summed E-state index contributed by atoms with van der Waals surface area (Å²) < 4.78 is 5.77. The zero-order valence-electron chi connectivity index (χ0n) is 18.1. The number of ether oxygens (including phenoxy) is 1. The minimum absolute atomic E-state index is 0.00487. The van der Waals surface area contributed by atoms with Crippen LogP contribution in [-0.4, -0.2) is 28.9 Å². The molecule has 2 aromatic rings. The molecule has 0 radical (unpaired) electrons. The largest absolute Gasteiger partial charge is 0.490 e. The lowest BCUT2D eigenvalue weighted by Crippen LogP contribution is -2.33. The molecule has 4 nitrogen and oxygen atoms in total. The SMILES string of the molecule is CC.Cc1cncc(OCCN(Cc2ccccc2)C(=O)/C=C\C(C)(C)C)c1. The third-order valence-corrected chi connectivity index (χ3v) is 3.73. The van der Waals surface area contributed by atoms with Crippen molar-refractivity contribution in [1.82, 2.24) is 9.88 Å². The Balaban J connectivity index is 0.00000190. The third-order valence-electron chi connectivity index (χ3n) is 3.73. The molecule has 28 heavy (non-hydrogen) atoms. The molecule has 1 aromatic carbocycles. The Morgan fingerprint density at radius 1 is 1.14 bits per heavy atom. The van der Waals surface area contributed by atoms with Crippen molar-refractivity contribution in [3.8, 4) is 5.75 Å². The van der Waals surface area contributed by atoms with Gasteiger partial charge in [0.1, 0.15) is 12.4 Å². The Hall–Kier alpha value is -2.62. The maximum absolute atomic E-state index is 12.7. The average Bonchev–Trinajstić information content (AvgIpc) is 2.67. The number of carbonyl (C=O) groups excluding carboxylic acids is 1. The fourth-order valence-electron chi connectivity index (χ4n) is 2.38. The molecule has 1 heterocycles. The van der Waals surface area contributed by atoms with Gasteiger partial charge in [-0.2, -0.15) is 0 Å². The summed E-state index contributed by atoms with van der Waals surface area (Å²) in [7, 11) is 0. The van der Waals surface area contributed by atoms with Crippen molar-refractivity contribution in [2.24, 2.45) is 5.41 Å². The molecule has 0 saturated carbocycles. The van der Waals surface area contributed by atoms with Crippen LogP contribution in [0.25, 0.3) is 0 Å². The van der Waals surface area contributed by atoms with Gasteiger partial charge in [-0.3, -0.25) is 9.78 Å². The smallest absolute Gasteiger partial charge is 0.246 e. The van der Waals surface area contributed by atoms with E-state index in [2.05, 4.69) is 25.8 Å². The number of nitrogens with zero attached hydrogens (tertiary/aromatic N) is 2. The summed E-state index contributed by atoms with van der Waals surface area (Å²) in [6.07, 6.45) is 7.08. The number of carbonyl (C=O) groups is 1. The number of allylic oxidation sites excluding steroid dienone is 1. The van der Waals surface area contributed by atoms with Crippen molar-refractivity contribution in [3.63, 3.8) is 0 Å². The van der Waals surface area contributed by atoms with Crippen LogP contribution in [0.3, 0.4) is 0 Å². The Labute approximate surface area is 170 Å². The number of rotatable bonds is 7. The van der Waals surface area contributed by atoms with E-state index in [-0.39, 0.29) is 11.3 Å². The zero-order chi connectivity index (χ0) is 21.0. The highest BCUT2D eigenvalue weighted by molar-refractivity contribution is 5.87. The number of amides is 1. The molecule has 0 spiro atoms. The van der Waals surface area contributed by atoms with Crippen LogP contribution in [0.2, 0.25) is 0 Å². The monoisotopic (exact) mass is 382 g/mol. The molecule has 1 amide bonds. The molecule has 0 N–H and O–H groups in total. The first-order chi connectivity index (χ1) is 13.3. The van der Waals surface area contributed by atoms with Crippen molar-refractivity contribution in [2.75, 3.05) is 13.2 Å². The number of hydrogen-bond acceptors (Lipinski definition) is 3. The molecule has 0 atom stereocenters. The molecular weight excluding hydrogens is 348 g/mol. The normalized spacial score (nSPS) is 10.9. The quantitative estimate of drug-likeness (QED) is 0.600. The zero-order valence-corrected chi connectivity index (χ0v) is 18.1. The summed E-state index contributed by atoms with van der Waals surface area (Å²) in [6, 6.07) is 11.9. The molecule has 0 unspecified atom stereocenters. The maximum atomic E-state index is 12.7. The molecule has 0 fully saturated rings. The summed E-state index contributed by atoms with van der Waals surface area (Å²) in [6.45, 7) is 13.7. The Kier molecular flexibility index (Phi) is 10.0. The number of pyridine rings is 1. The molecule has 4 heteroatoms. The van der Waals surface area contributed by atoms with Crippen LogP contribution in [0.5, 0.6) is 5.75 Å². The van der Waals surface area contributed by atoms with Crippen LogP contribution >= 0.6 is 0 Å². The molecule has 0 aliphatic carbocycles. The van der Waals surface area contributed by atoms with Crippen LogP contribution in [0.15, 0.2) is 60.9 Å². The lowest BCUT2D eigenvalue weighted by Gasteiger charge is -2.22. The second-order valence-electron chi connectivity index (χ2n) is 7.49. The van der Waals surface area contributed by atoms with Gasteiger partial charge < -0.3 is 9.64 Å². The molecule has 2 rings (SSSR count). The lowest BCUT2D eigenvalue weighted by molar-refractivity contribution is -0.127. The first-order valence-corrected chi connectivity index (χ1v) is 9.90. The van der Waals surface area contributed by atoms with Gasteiger partial charge in [-0.05, 0) is 35.6 Å². The van der Waals surface area contributed by atoms with E-state index in [0.717, 1.165) is 16.9 Å². The summed E-state index contributed by atoms with van der Waals surface area (Å²) in [5.41, 5.74) is 2.12. The van der Waals surface area contributed by atoms with Crippen molar-refractivity contribution in [3.05, 3.63) is 72.1 Å². The summed E-state index contributed by atoms with van der Waals surface area (Å²) in [5.74, 6) is 0.720. The first-order valence-electron chi connectivity index (χ1n) is 9.90. The Morgan fingerprint density at radius 2 is 1.82 bits per heavy atom. The van der Waals surface area contributed by atoms with Gasteiger partial charge in [-0.1, -0.05) is 71.0 Å². The number of hydrogen-bond donors (Lipinski definition) is 0. The van der Waals surface area contributed by atoms with E-state index in [4.69, 9.17) is 4.74 Å². The molecule has 152 valence electrons. The molecule has 0 aliphatic rings. The minimum atomic E-state index is -0.0299. The fraction of sp³-hybridized carbons (Fsp3) is 0.417. The van der Waals surface area contributed by atoms with E-state index in [0.29, 0.717) is 19.7 Å². The lowest BCUT2D eigenvalue weighted by atomic mass is 9.96. The van der Waals surface area contributed by atoms with Gasteiger partial charge in [0, 0.05) is 12.7 Å². The van der Waals surface area contributed by atoms with Crippen molar-refractivity contribution in [2.45, 2.75) is 48.1 Å². The number of aromatic nitrogens is 1. The van der Waals surface area contributed by atoms with E-state index >= 15 is 0 Å². The number of aryl methyl sites for hydroxylation is 1. The highest BCUT2D eigenvalue weighted by Gasteiger charge is 2.13. The van der Waals surface area contributed by atoms with Crippen molar-refractivity contribution < 1.29 is 9.53 Å². The molecule has 0 aliphatic heterocycles. The first kappa shape index (κ1) is 23.4. The second kappa shape index (κ2) is 12.0. The van der Waals surface area contributed by atoms with Crippen LogP contribution in [-0.2, 0) is 11.3 Å². The highest BCUT2D eigenvalue weighted by Crippen LogP contribution is 2.15. The van der Waals surface area contributed by atoms with Gasteiger partial charge in [0.15, 0.2) is 0 Å². The van der Waals surface area contributed by atoms with E-state index in [1.807, 2.05) is 63.2 Å². The summed E-state index contributed by atoms with van der Waals surface area (Å²) in [4.78, 5) is 18.6. The third kappa shape index (κ3) is 9.36. The van der Waals surface area contributed by atoms with Gasteiger partial charge in [-0.25, -0.2) is 0 Å².